The third-order valence-electron chi connectivity index (χ3n) is 2.64. The number of aliphatic hydroxyl groups excluding tert-OH is 1. The van der Waals surface area contributed by atoms with Crippen LogP contribution in [-0.2, 0) is 0 Å². The number of nitrogens with one attached hydrogen (secondary N) is 1. The van der Waals surface area contributed by atoms with Crippen molar-refractivity contribution >= 4 is 34.5 Å². The van der Waals surface area contributed by atoms with Gasteiger partial charge in [-0.3, -0.25) is 4.79 Å². The van der Waals surface area contributed by atoms with Gasteiger partial charge in [0.25, 0.3) is 5.91 Å². The zero-order valence-electron chi connectivity index (χ0n) is 11.0. The molecule has 0 aliphatic rings. The maximum Gasteiger partial charge on any atom is 0.267 e. The quantitative estimate of drug-likeness (QED) is 0.832. The minimum atomic E-state index is -0.472. The number of carbonyl (C=O) groups excluding carboxylic acids is 1. The van der Waals surface area contributed by atoms with Crippen LogP contribution in [0.3, 0.4) is 0 Å². The summed E-state index contributed by atoms with van der Waals surface area (Å²) < 4.78 is 13.2. The van der Waals surface area contributed by atoms with E-state index in [0.717, 1.165) is 5.56 Å². The van der Waals surface area contributed by atoms with Gasteiger partial charge in [-0.15, -0.1) is 11.3 Å². The summed E-state index contributed by atoms with van der Waals surface area (Å²) in [5.74, 6) is 4.17. The van der Waals surface area contributed by atoms with Crippen molar-refractivity contribution in [2.24, 2.45) is 0 Å². The van der Waals surface area contributed by atoms with E-state index in [9.17, 15) is 9.18 Å². The van der Waals surface area contributed by atoms with E-state index in [1.165, 1.54) is 29.5 Å². The van der Waals surface area contributed by atoms with Gasteiger partial charge >= 0.3 is 0 Å². The van der Waals surface area contributed by atoms with Crippen molar-refractivity contribution in [3.05, 3.63) is 50.4 Å². The topological polar surface area (TPSA) is 49.3 Å². The van der Waals surface area contributed by atoms with Gasteiger partial charge in [0.05, 0.1) is 16.3 Å². The molecule has 0 saturated heterocycles. The Morgan fingerprint density at radius 1 is 1.52 bits per heavy atom. The van der Waals surface area contributed by atoms with Crippen LogP contribution in [0.25, 0.3) is 0 Å². The van der Waals surface area contributed by atoms with Crippen molar-refractivity contribution in [2.45, 2.75) is 6.92 Å². The molecule has 0 bridgehead atoms. The highest BCUT2D eigenvalue weighted by molar-refractivity contribution is 7.13. The molecule has 0 unspecified atom stereocenters. The van der Waals surface area contributed by atoms with Crippen LogP contribution in [0, 0.1) is 24.6 Å². The van der Waals surface area contributed by atoms with Crippen LogP contribution >= 0.6 is 22.9 Å². The summed E-state index contributed by atoms with van der Waals surface area (Å²) in [4.78, 5) is 12.6. The number of amides is 1. The zero-order chi connectivity index (χ0) is 15.4. The van der Waals surface area contributed by atoms with E-state index in [-0.39, 0.29) is 12.5 Å². The Labute approximate surface area is 130 Å². The Morgan fingerprint density at radius 3 is 2.90 bits per heavy atom. The number of hydrogen-bond donors (Lipinski definition) is 2. The Kier molecular flexibility index (Phi) is 4.97. The fourth-order valence-electron chi connectivity index (χ4n) is 1.63. The number of hydrogen-bond acceptors (Lipinski definition) is 3. The van der Waals surface area contributed by atoms with Crippen molar-refractivity contribution in [1.29, 1.82) is 0 Å². The summed E-state index contributed by atoms with van der Waals surface area (Å²) in [6.45, 7) is 1.46. The number of halogens is 2. The third-order valence-corrected chi connectivity index (χ3v) is 4.33. The van der Waals surface area contributed by atoms with Gasteiger partial charge in [0.1, 0.15) is 17.3 Å². The molecule has 0 aliphatic heterocycles. The lowest BCUT2D eigenvalue weighted by Crippen LogP contribution is -2.12. The van der Waals surface area contributed by atoms with Crippen molar-refractivity contribution in [3.8, 4) is 11.8 Å². The predicted molar refractivity (Wildman–Crippen MR) is 82.4 cm³/mol. The molecule has 0 radical (unpaired) electrons. The lowest BCUT2D eigenvalue weighted by Gasteiger charge is -2.07. The van der Waals surface area contributed by atoms with Crippen LogP contribution in [0.5, 0.6) is 0 Å². The number of aryl methyl sites for hydroxylation is 1. The lowest BCUT2D eigenvalue weighted by atomic mass is 10.1. The molecule has 1 aromatic heterocycles. The SMILES string of the molecule is Cc1csc(C(=O)Nc2ccc(F)cc2C#CCO)c1Cl. The molecule has 6 heteroatoms. The molecule has 2 aromatic rings. The standard InChI is InChI=1S/C15H11ClFNO2S/c1-9-8-21-14(13(9)16)15(20)18-12-5-4-11(17)7-10(12)3-2-6-19/h4-5,7-8,19H,6H2,1H3,(H,18,20). The smallest absolute Gasteiger partial charge is 0.267 e. The first-order valence-corrected chi connectivity index (χ1v) is 7.23. The highest BCUT2D eigenvalue weighted by Gasteiger charge is 2.16. The lowest BCUT2D eigenvalue weighted by molar-refractivity contribution is 0.103. The number of aliphatic hydroxyl groups is 1. The normalized spacial score (nSPS) is 9.90. The second-order valence-electron chi connectivity index (χ2n) is 4.17. The first-order valence-electron chi connectivity index (χ1n) is 5.97. The average molecular weight is 324 g/mol. The van der Waals surface area contributed by atoms with Crippen molar-refractivity contribution in [3.63, 3.8) is 0 Å². The predicted octanol–water partition coefficient (Wildman–Crippen LogP) is 3.45. The molecule has 108 valence electrons. The molecule has 21 heavy (non-hydrogen) atoms. The average Bonchev–Trinajstić information content (AvgIpc) is 2.79. The van der Waals surface area contributed by atoms with Crippen molar-refractivity contribution in [2.75, 3.05) is 11.9 Å². The second kappa shape index (κ2) is 6.72. The second-order valence-corrected chi connectivity index (χ2v) is 5.42. The highest BCUT2D eigenvalue weighted by atomic mass is 35.5. The van der Waals surface area contributed by atoms with Crippen LogP contribution in [0.2, 0.25) is 5.02 Å². The van der Waals surface area contributed by atoms with Gasteiger partial charge in [-0.1, -0.05) is 23.4 Å². The number of benzene rings is 1. The fraction of sp³-hybridized carbons (Fsp3) is 0.133. The van der Waals surface area contributed by atoms with Crippen LogP contribution in [0.15, 0.2) is 23.6 Å². The Morgan fingerprint density at radius 2 is 2.29 bits per heavy atom. The van der Waals surface area contributed by atoms with E-state index in [2.05, 4.69) is 17.2 Å². The molecule has 1 aromatic carbocycles. The molecule has 0 fully saturated rings. The van der Waals surface area contributed by atoms with Gasteiger partial charge in [-0.25, -0.2) is 4.39 Å². The van der Waals surface area contributed by atoms with Gasteiger partial charge < -0.3 is 10.4 Å². The zero-order valence-corrected chi connectivity index (χ0v) is 12.6. The molecule has 1 amide bonds. The van der Waals surface area contributed by atoms with E-state index < -0.39 is 5.82 Å². The molecule has 2 rings (SSSR count). The summed E-state index contributed by atoms with van der Waals surface area (Å²) in [5.41, 5.74) is 1.48. The Balaban J connectivity index is 2.31. The molecule has 0 spiro atoms. The molecule has 0 saturated carbocycles. The van der Waals surface area contributed by atoms with Crippen molar-refractivity contribution < 1.29 is 14.3 Å². The summed E-state index contributed by atoms with van der Waals surface area (Å²) >= 11 is 7.28. The highest BCUT2D eigenvalue weighted by Crippen LogP contribution is 2.28. The van der Waals surface area contributed by atoms with Gasteiger partial charge in [0.15, 0.2) is 0 Å². The van der Waals surface area contributed by atoms with E-state index in [1.807, 2.05) is 6.92 Å². The Bertz CT molecular complexity index is 746. The van der Waals surface area contributed by atoms with Gasteiger partial charge in [0, 0.05) is 0 Å². The number of thiophene rings is 1. The number of rotatable bonds is 2. The number of carbonyl (C=O) groups is 1. The van der Waals surface area contributed by atoms with Gasteiger partial charge in [-0.05, 0) is 36.1 Å². The largest absolute Gasteiger partial charge is 0.384 e. The fourth-order valence-corrected chi connectivity index (χ4v) is 2.80. The molecular weight excluding hydrogens is 313 g/mol. The molecule has 0 atom stereocenters. The minimum absolute atomic E-state index is 0.293. The monoisotopic (exact) mass is 323 g/mol. The molecule has 3 nitrogen and oxygen atoms in total. The minimum Gasteiger partial charge on any atom is -0.384 e. The summed E-state index contributed by atoms with van der Waals surface area (Å²) in [6.07, 6.45) is 0. The first-order chi connectivity index (χ1) is 10.0. The van der Waals surface area contributed by atoms with Crippen LogP contribution in [0.4, 0.5) is 10.1 Å². The van der Waals surface area contributed by atoms with Gasteiger partial charge in [0.2, 0.25) is 0 Å². The molecule has 0 aliphatic carbocycles. The van der Waals surface area contributed by atoms with Gasteiger partial charge in [-0.2, -0.15) is 0 Å². The van der Waals surface area contributed by atoms with Crippen LogP contribution in [-0.4, -0.2) is 17.6 Å². The Hall–Kier alpha value is -1.87. The molecule has 2 N–H and O–H groups in total. The van der Waals surface area contributed by atoms with E-state index in [0.29, 0.717) is 21.2 Å². The maximum absolute atomic E-state index is 13.2. The van der Waals surface area contributed by atoms with E-state index in [1.54, 1.807) is 5.38 Å². The summed E-state index contributed by atoms with van der Waals surface area (Å²) in [6, 6.07) is 3.84. The van der Waals surface area contributed by atoms with Crippen molar-refractivity contribution in [1.82, 2.24) is 0 Å². The van der Waals surface area contributed by atoms with E-state index >= 15 is 0 Å². The van der Waals surface area contributed by atoms with Crippen LogP contribution in [0.1, 0.15) is 20.8 Å². The maximum atomic E-state index is 13.2. The van der Waals surface area contributed by atoms with Crippen LogP contribution < -0.4 is 5.32 Å². The summed E-state index contributed by atoms with van der Waals surface area (Å²) in [5, 5.41) is 13.6. The first kappa shape index (κ1) is 15.5. The summed E-state index contributed by atoms with van der Waals surface area (Å²) in [7, 11) is 0. The number of anilines is 1. The van der Waals surface area contributed by atoms with E-state index in [4.69, 9.17) is 16.7 Å². The molecular formula is C15H11ClFNO2S. The third kappa shape index (κ3) is 3.61. The molecule has 1 heterocycles.